The average Bonchev–Trinajstić information content (AvgIpc) is 2.57. The van der Waals surface area contributed by atoms with Crippen LogP contribution in [0.15, 0.2) is 60.9 Å². The van der Waals surface area contributed by atoms with E-state index in [1.807, 2.05) is 31.2 Å². The normalized spacial score (nSPS) is 10.2. The van der Waals surface area contributed by atoms with Crippen LogP contribution in [0.25, 0.3) is 0 Å². The van der Waals surface area contributed by atoms with Gasteiger partial charge in [-0.05, 0) is 48.9 Å². The molecule has 5 nitrogen and oxygen atoms in total. The molecule has 24 heavy (non-hydrogen) atoms. The molecule has 2 N–H and O–H groups in total. The highest BCUT2D eigenvalue weighted by Crippen LogP contribution is 2.15. The van der Waals surface area contributed by atoms with Gasteiger partial charge in [0.05, 0.1) is 12.4 Å². The van der Waals surface area contributed by atoms with E-state index in [-0.39, 0.29) is 17.4 Å². The smallest absolute Gasteiger partial charge is 0.275 e. The molecule has 0 fully saturated rings. The number of nitrogens with one attached hydrogen (secondary N) is 2. The van der Waals surface area contributed by atoms with Gasteiger partial charge in [0.25, 0.3) is 5.91 Å². The Balaban J connectivity index is 1.67. The average molecular weight is 322 g/mol. The van der Waals surface area contributed by atoms with E-state index in [0.29, 0.717) is 17.2 Å². The third-order valence-electron chi connectivity index (χ3n) is 3.28. The van der Waals surface area contributed by atoms with Crippen LogP contribution in [-0.4, -0.2) is 15.9 Å². The van der Waals surface area contributed by atoms with Gasteiger partial charge in [-0.1, -0.05) is 12.1 Å². The number of benzene rings is 2. The molecule has 0 spiro atoms. The number of carbonyl (C=O) groups is 1. The van der Waals surface area contributed by atoms with Gasteiger partial charge in [0, 0.05) is 11.4 Å². The summed E-state index contributed by atoms with van der Waals surface area (Å²) in [6.07, 6.45) is 2.84. The fourth-order valence-corrected chi connectivity index (χ4v) is 2.11. The summed E-state index contributed by atoms with van der Waals surface area (Å²) in [6, 6.07) is 13.4. The van der Waals surface area contributed by atoms with Crippen LogP contribution in [0.4, 0.5) is 21.6 Å². The predicted octanol–water partition coefficient (Wildman–Crippen LogP) is 3.92. The van der Waals surface area contributed by atoms with Crippen LogP contribution < -0.4 is 10.6 Å². The van der Waals surface area contributed by atoms with Gasteiger partial charge < -0.3 is 10.6 Å². The molecular formula is C18H15FN4O. The number of hydrogen-bond donors (Lipinski definition) is 2. The van der Waals surface area contributed by atoms with E-state index in [1.54, 1.807) is 12.1 Å². The Labute approximate surface area is 138 Å². The Kier molecular flexibility index (Phi) is 4.47. The first-order valence-electron chi connectivity index (χ1n) is 7.33. The van der Waals surface area contributed by atoms with E-state index in [0.717, 1.165) is 5.56 Å². The highest BCUT2D eigenvalue weighted by atomic mass is 19.1. The van der Waals surface area contributed by atoms with Gasteiger partial charge in [0.2, 0.25) is 0 Å². The molecule has 0 unspecified atom stereocenters. The standard InChI is InChI=1S/C18H15FN4O/c1-12-3-2-4-15(9-12)23-18(24)16-10-21-17(11-20-16)22-14-7-5-13(19)6-8-14/h2-11H,1H3,(H,21,22)(H,23,24). The zero-order valence-electron chi connectivity index (χ0n) is 13.0. The Morgan fingerprint density at radius 3 is 2.46 bits per heavy atom. The number of aryl methyl sites for hydroxylation is 1. The van der Waals surface area contributed by atoms with Crippen LogP contribution >= 0.6 is 0 Å². The largest absolute Gasteiger partial charge is 0.339 e. The Hall–Kier alpha value is -3.28. The third kappa shape index (κ3) is 3.92. The van der Waals surface area contributed by atoms with E-state index in [4.69, 9.17) is 0 Å². The van der Waals surface area contributed by atoms with Gasteiger partial charge in [-0.15, -0.1) is 0 Å². The van der Waals surface area contributed by atoms with Crippen LogP contribution in [0.3, 0.4) is 0 Å². The molecule has 1 heterocycles. The molecule has 0 aliphatic rings. The fourth-order valence-electron chi connectivity index (χ4n) is 2.11. The topological polar surface area (TPSA) is 66.9 Å². The molecule has 0 bridgehead atoms. The lowest BCUT2D eigenvalue weighted by molar-refractivity contribution is 0.102. The minimum Gasteiger partial charge on any atom is -0.339 e. The summed E-state index contributed by atoms with van der Waals surface area (Å²) in [7, 11) is 0. The lowest BCUT2D eigenvalue weighted by Gasteiger charge is -2.07. The second-order valence-electron chi connectivity index (χ2n) is 5.24. The summed E-state index contributed by atoms with van der Waals surface area (Å²) in [5.41, 5.74) is 2.65. The first-order chi connectivity index (χ1) is 11.6. The number of carbonyl (C=O) groups excluding carboxylic acids is 1. The third-order valence-corrected chi connectivity index (χ3v) is 3.28. The Bertz CT molecular complexity index is 848. The number of amides is 1. The van der Waals surface area contributed by atoms with Crippen molar-refractivity contribution in [3.8, 4) is 0 Å². The Morgan fingerprint density at radius 1 is 1.00 bits per heavy atom. The summed E-state index contributed by atoms with van der Waals surface area (Å²) in [5.74, 6) is -0.176. The summed E-state index contributed by atoms with van der Waals surface area (Å²) in [4.78, 5) is 20.4. The quantitative estimate of drug-likeness (QED) is 0.764. The van der Waals surface area contributed by atoms with Crippen molar-refractivity contribution in [1.29, 1.82) is 0 Å². The molecule has 2 aromatic carbocycles. The first-order valence-corrected chi connectivity index (χ1v) is 7.33. The monoisotopic (exact) mass is 322 g/mol. The summed E-state index contributed by atoms with van der Waals surface area (Å²) in [5, 5.41) is 5.75. The van der Waals surface area contributed by atoms with Crippen LogP contribution in [-0.2, 0) is 0 Å². The Morgan fingerprint density at radius 2 is 1.79 bits per heavy atom. The minimum atomic E-state index is -0.332. The SMILES string of the molecule is Cc1cccc(NC(=O)c2cnc(Nc3ccc(F)cc3)cn2)c1. The molecule has 0 aliphatic carbocycles. The molecule has 1 aromatic heterocycles. The van der Waals surface area contributed by atoms with Gasteiger partial charge >= 0.3 is 0 Å². The number of rotatable bonds is 4. The second-order valence-corrected chi connectivity index (χ2v) is 5.24. The van der Waals surface area contributed by atoms with E-state index in [1.165, 1.54) is 24.5 Å². The van der Waals surface area contributed by atoms with Crippen molar-refractivity contribution in [1.82, 2.24) is 9.97 Å². The van der Waals surface area contributed by atoms with Crippen molar-refractivity contribution in [2.24, 2.45) is 0 Å². The molecule has 1 amide bonds. The number of halogens is 1. The minimum absolute atomic E-state index is 0.209. The lowest BCUT2D eigenvalue weighted by atomic mass is 10.2. The highest BCUT2D eigenvalue weighted by Gasteiger charge is 2.08. The maximum atomic E-state index is 12.9. The van der Waals surface area contributed by atoms with Crippen LogP contribution in [0.1, 0.15) is 16.1 Å². The molecule has 3 rings (SSSR count). The zero-order chi connectivity index (χ0) is 16.9. The van der Waals surface area contributed by atoms with Crippen molar-refractivity contribution in [2.75, 3.05) is 10.6 Å². The van der Waals surface area contributed by atoms with Gasteiger partial charge in [-0.2, -0.15) is 0 Å². The molecule has 120 valence electrons. The predicted molar refractivity (Wildman–Crippen MR) is 90.8 cm³/mol. The maximum Gasteiger partial charge on any atom is 0.275 e. The molecule has 3 aromatic rings. The summed E-state index contributed by atoms with van der Waals surface area (Å²) < 4.78 is 12.9. The van der Waals surface area contributed by atoms with Gasteiger partial charge in [0.1, 0.15) is 17.3 Å². The van der Waals surface area contributed by atoms with E-state index < -0.39 is 0 Å². The molecule has 0 saturated heterocycles. The molecule has 0 atom stereocenters. The van der Waals surface area contributed by atoms with E-state index in [9.17, 15) is 9.18 Å². The van der Waals surface area contributed by atoms with Gasteiger partial charge in [-0.25, -0.2) is 14.4 Å². The molecule has 0 radical (unpaired) electrons. The molecule has 0 saturated carbocycles. The number of nitrogens with zero attached hydrogens (tertiary/aromatic N) is 2. The summed E-state index contributed by atoms with van der Waals surface area (Å²) in [6.45, 7) is 1.95. The highest BCUT2D eigenvalue weighted by molar-refractivity contribution is 6.02. The van der Waals surface area contributed by atoms with Crippen molar-refractivity contribution in [3.05, 3.63) is 78.0 Å². The van der Waals surface area contributed by atoms with Crippen LogP contribution in [0.5, 0.6) is 0 Å². The summed E-state index contributed by atoms with van der Waals surface area (Å²) >= 11 is 0. The molecular weight excluding hydrogens is 307 g/mol. The molecule has 0 aliphatic heterocycles. The zero-order valence-corrected chi connectivity index (χ0v) is 13.0. The number of aromatic nitrogens is 2. The number of hydrogen-bond acceptors (Lipinski definition) is 4. The van der Waals surface area contributed by atoms with Crippen molar-refractivity contribution in [2.45, 2.75) is 6.92 Å². The number of anilines is 3. The lowest BCUT2D eigenvalue weighted by Crippen LogP contribution is -2.14. The van der Waals surface area contributed by atoms with E-state index >= 15 is 0 Å². The van der Waals surface area contributed by atoms with Gasteiger partial charge in [0.15, 0.2) is 0 Å². The first kappa shape index (κ1) is 15.6. The van der Waals surface area contributed by atoms with E-state index in [2.05, 4.69) is 20.6 Å². The second kappa shape index (κ2) is 6.87. The fraction of sp³-hybridized carbons (Fsp3) is 0.0556. The van der Waals surface area contributed by atoms with Gasteiger partial charge in [-0.3, -0.25) is 4.79 Å². The van der Waals surface area contributed by atoms with Crippen molar-refractivity contribution < 1.29 is 9.18 Å². The van der Waals surface area contributed by atoms with Crippen LogP contribution in [0, 0.1) is 12.7 Å². The molecule has 6 heteroatoms. The van der Waals surface area contributed by atoms with Crippen molar-refractivity contribution >= 4 is 23.1 Å². The van der Waals surface area contributed by atoms with Crippen LogP contribution in [0.2, 0.25) is 0 Å². The maximum absolute atomic E-state index is 12.9. The van der Waals surface area contributed by atoms with Crippen molar-refractivity contribution in [3.63, 3.8) is 0 Å².